The first-order chi connectivity index (χ1) is 9.60. The molecule has 0 radical (unpaired) electrons. The average molecular weight is 282 g/mol. The molecule has 6 heteroatoms. The van der Waals surface area contributed by atoms with Crippen LogP contribution in [0.15, 0.2) is 18.2 Å². The lowest BCUT2D eigenvalue weighted by molar-refractivity contribution is 0.0947. The molecule has 3 N–H and O–H groups in total. The van der Waals surface area contributed by atoms with Crippen molar-refractivity contribution in [3.63, 3.8) is 0 Å². The van der Waals surface area contributed by atoms with Gasteiger partial charge < -0.3 is 25.2 Å². The molecular weight excluding hydrogens is 260 g/mol. The highest BCUT2D eigenvalue weighted by molar-refractivity contribution is 5.99. The number of benzene rings is 1. The van der Waals surface area contributed by atoms with E-state index in [0.29, 0.717) is 36.7 Å². The first kappa shape index (κ1) is 16.3. The fourth-order valence-electron chi connectivity index (χ4n) is 1.74. The van der Waals surface area contributed by atoms with Crippen LogP contribution in [0.3, 0.4) is 0 Å². The number of rotatable bonds is 8. The molecule has 1 aromatic carbocycles. The molecule has 0 aliphatic rings. The molecule has 0 saturated carbocycles. The number of aliphatic hydroxyl groups excluding tert-OH is 1. The molecule has 0 bridgehead atoms. The van der Waals surface area contributed by atoms with Gasteiger partial charge in [0.1, 0.15) is 17.1 Å². The van der Waals surface area contributed by atoms with Gasteiger partial charge >= 0.3 is 0 Å². The van der Waals surface area contributed by atoms with E-state index in [1.807, 2.05) is 0 Å². The number of hydrogen-bond acceptors (Lipinski definition) is 5. The highest BCUT2D eigenvalue weighted by Crippen LogP contribution is 2.27. The van der Waals surface area contributed by atoms with Gasteiger partial charge in [-0.1, -0.05) is 6.07 Å². The van der Waals surface area contributed by atoms with Crippen LogP contribution in [0.25, 0.3) is 0 Å². The molecule has 20 heavy (non-hydrogen) atoms. The van der Waals surface area contributed by atoms with Gasteiger partial charge in [0.05, 0.1) is 20.3 Å². The number of hydrogen-bond donors (Lipinski definition) is 3. The minimum absolute atomic E-state index is 0.252. The van der Waals surface area contributed by atoms with Crippen LogP contribution in [0.4, 0.5) is 0 Å². The lowest BCUT2D eigenvalue weighted by Crippen LogP contribution is -2.34. The van der Waals surface area contributed by atoms with Crippen molar-refractivity contribution in [1.82, 2.24) is 10.6 Å². The predicted molar refractivity (Wildman–Crippen MR) is 76.4 cm³/mol. The summed E-state index contributed by atoms with van der Waals surface area (Å²) in [4.78, 5) is 12.2. The van der Waals surface area contributed by atoms with Gasteiger partial charge in [0.25, 0.3) is 5.91 Å². The molecule has 0 fully saturated rings. The van der Waals surface area contributed by atoms with Crippen molar-refractivity contribution in [2.75, 3.05) is 33.9 Å². The molecule has 6 nitrogen and oxygen atoms in total. The molecule has 1 unspecified atom stereocenters. The summed E-state index contributed by atoms with van der Waals surface area (Å²) in [5, 5.41) is 14.9. The minimum atomic E-state index is -0.403. The number of ether oxygens (including phenoxy) is 2. The molecule has 112 valence electrons. The Morgan fingerprint density at radius 1 is 1.25 bits per heavy atom. The summed E-state index contributed by atoms with van der Waals surface area (Å²) in [7, 11) is 3.02. The Balaban J connectivity index is 2.58. The topological polar surface area (TPSA) is 79.8 Å². The zero-order valence-corrected chi connectivity index (χ0v) is 12.1. The second-order valence-corrected chi connectivity index (χ2v) is 4.35. The molecule has 0 aromatic heterocycles. The second kappa shape index (κ2) is 8.39. The second-order valence-electron chi connectivity index (χ2n) is 4.35. The third-order valence-corrected chi connectivity index (χ3v) is 2.68. The van der Waals surface area contributed by atoms with E-state index in [1.165, 1.54) is 14.2 Å². The minimum Gasteiger partial charge on any atom is -0.496 e. The Bertz CT molecular complexity index is 413. The fourth-order valence-corrected chi connectivity index (χ4v) is 1.74. The lowest BCUT2D eigenvalue weighted by atomic mass is 10.1. The summed E-state index contributed by atoms with van der Waals surface area (Å²) >= 11 is 0. The number of carbonyl (C=O) groups excluding carboxylic acids is 1. The van der Waals surface area contributed by atoms with Gasteiger partial charge in [-0.15, -0.1) is 0 Å². The van der Waals surface area contributed by atoms with Crippen LogP contribution >= 0.6 is 0 Å². The molecule has 1 atom stereocenters. The first-order valence-corrected chi connectivity index (χ1v) is 6.48. The number of carbonyl (C=O) groups is 1. The van der Waals surface area contributed by atoms with Crippen LogP contribution in [-0.4, -0.2) is 51.0 Å². The highest BCUT2D eigenvalue weighted by Gasteiger charge is 2.17. The Hall–Kier alpha value is -1.79. The van der Waals surface area contributed by atoms with Crippen molar-refractivity contribution in [2.45, 2.75) is 13.0 Å². The van der Waals surface area contributed by atoms with E-state index in [2.05, 4.69) is 10.6 Å². The molecule has 0 aliphatic heterocycles. The van der Waals surface area contributed by atoms with Gasteiger partial charge in [-0.3, -0.25) is 4.79 Å². The van der Waals surface area contributed by atoms with Crippen LogP contribution in [0.2, 0.25) is 0 Å². The summed E-state index contributed by atoms with van der Waals surface area (Å²) in [6.07, 6.45) is -0.403. The number of amides is 1. The third kappa shape index (κ3) is 4.71. The molecular formula is C14H22N2O4. The Morgan fingerprint density at radius 2 is 1.85 bits per heavy atom. The largest absolute Gasteiger partial charge is 0.496 e. The maximum atomic E-state index is 12.2. The number of nitrogens with one attached hydrogen (secondary N) is 2. The average Bonchev–Trinajstić information content (AvgIpc) is 2.45. The third-order valence-electron chi connectivity index (χ3n) is 2.68. The summed E-state index contributed by atoms with van der Waals surface area (Å²) in [6, 6.07) is 5.19. The zero-order chi connectivity index (χ0) is 15.0. The van der Waals surface area contributed by atoms with Crippen LogP contribution in [0, 0.1) is 0 Å². The van der Waals surface area contributed by atoms with Crippen molar-refractivity contribution >= 4 is 5.91 Å². The van der Waals surface area contributed by atoms with Crippen LogP contribution in [-0.2, 0) is 0 Å². The van der Waals surface area contributed by atoms with E-state index >= 15 is 0 Å². The highest BCUT2D eigenvalue weighted by atomic mass is 16.5. The van der Waals surface area contributed by atoms with Gasteiger partial charge in [-0.2, -0.15) is 0 Å². The molecule has 0 aliphatic carbocycles. The summed E-state index contributed by atoms with van der Waals surface area (Å²) in [5.74, 6) is 0.690. The molecule has 0 heterocycles. The number of methoxy groups -OCH3 is 2. The molecule has 1 rings (SSSR count). The van der Waals surface area contributed by atoms with E-state index < -0.39 is 6.10 Å². The zero-order valence-electron chi connectivity index (χ0n) is 12.1. The summed E-state index contributed by atoms with van der Waals surface area (Å²) in [6.45, 7) is 3.22. The van der Waals surface area contributed by atoms with Crippen molar-refractivity contribution in [3.05, 3.63) is 23.8 Å². The molecule has 1 aromatic rings. The maximum absolute atomic E-state index is 12.2. The standard InChI is InChI=1S/C14H22N2O4/c1-10(17)9-15-7-8-16-14(18)13-11(19-2)5-4-6-12(13)20-3/h4-6,10,15,17H,7-9H2,1-3H3,(H,16,18). The van der Waals surface area contributed by atoms with Gasteiger partial charge in [-0.05, 0) is 19.1 Å². The molecule has 1 amide bonds. The van der Waals surface area contributed by atoms with Gasteiger partial charge in [0, 0.05) is 19.6 Å². The van der Waals surface area contributed by atoms with Crippen LogP contribution in [0.5, 0.6) is 11.5 Å². The van der Waals surface area contributed by atoms with Gasteiger partial charge in [0.2, 0.25) is 0 Å². The van der Waals surface area contributed by atoms with E-state index in [0.717, 1.165) is 0 Å². The normalized spacial score (nSPS) is 11.8. The maximum Gasteiger partial charge on any atom is 0.258 e. The monoisotopic (exact) mass is 282 g/mol. The van der Waals surface area contributed by atoms with E-state index in [-0.39, 0.29) is 5.91 Å². The molecule has 0 spiro atoms. The summed E-state index contributed by atoms with van der Waals surface area (Å²) < 4.78 is 10.4. The smallest absolute Gasteiger partial charge is 0.258 e. The molecule has 0 saturated heterocycles. The van der Waals surface area contributed by atoms with Gasteiger partial charge in [0.15, 0.2) is 0 Å². The fraction of sp³-hybridized carbons (Fsp3) is 0.500. The first-order valence-electron chi connectivity index (χ1n) is 6.48. The predicted octanol–water partition coefficient (Wildman–Crippen LogP) is 0.404. The Kier molecular flexibility index (Phi) is 6.83. The lowest BCUT2D eigenvalue weighted by Gasteiger charge is -2.13. The Morgan fingerprint density at radius 3 is 2.35 bits per heavy atom. The van der Waals surface area contributed by atoms with Crippen molar-refractivity contribution in [1.29, 1.82) is 0 Å². The summed E-state index contributed by atoms with van der Waals surface area (Å²) in [5.41, 5.74) is 0.382. The Labute approximate surface area is 119 Å². The van der Waals surface area contributed by atoms with Crippen LogP contribution < -0.4 is 20.1 Å². The number of aliphatic hydroxyl groups is 1. The van der Waals surface area contributed by atoms with Crippen molar-refractivity contribution in [3.8, 4) is 11.5 Å². The SMILES string of the molecule is COc1cccc(OC)c1C(=O)NCCNCC(C)O. The van der Waals surface area contributed by atoms with Crippen LogP contribution in [0.1, 0.15) is 17.3 Å². The van der Waals surface area contributed by atoms with E-state index in [9.17, 15) is 4.79 Å². The quantitative estimate of drug-likeness (QED) is 0.602. The van der Waals surface area contributed by atoms with E-state index in [4.69, 9.17) is 14.6 Å². The van der Waals surface area contributed by atoms with Gasteiger partial charge in [-0.25, -0.2) is 0 Å². The van der Waals surface area contributed by atoms with Crippen molar-refractivity contribution in [2.24, 2.45) is 0 Å². The van der Waals surface area contributed by atoms with E-state index in [1.54, 1.807) is 25.1 Å². The van der Waals surface area contributed by atoms with Crippen molar-refractivity contribution < 1.29 is 19.4 Å².